The monoisotopic (exact) mass is 426 g/mol. The molecule has 1 unspecified atom stereocenters. The number of imide groups is 1. The van der Waals surface area contributed by atoms with Gasteiger partial charge in [-0.1, -0.05) is 25.1 Å². The lowest BCUT2D eigenvalue weighted by molar-refractivity contribution is -0.130. The van der Waals surface area contributed by atoms with Gasteiger partial charge in [0.15, 0.2) is 5.96 Å². The fourth-order valence-electron chi connectivity index (χ4n) is 3.91. The van der Waals surface area contributed by atoms with Crippen molar-refractivity contribution in [3.63, 3.8) is 0 Å². The van der Waals surface area contributed by atoms with E-state index >= 15 is 0 Å². The SMILES string of the molecule is CCNC(=NCCCN1C(=O)NC(C)(CC)C1=O)NCCc1c(C)[nH]c2ccccc12. The van der Waals surface area contributed by atoms with Crippen molar-refractivity contribution in [1.29, 1.82) is 0 Å². The molecule has 4 N–H and O–H groups in total. The van der Waals surface area contributed by atoms with Crippen LogP contribution in [0.4, 0.5) is 4.79 Å². The van der Waals surface area contributed by atoms with Crippen LogP contribution in [-0.4, -0.2) is 59.5 Å². The Bertz CT molecular complexity index is 966. The maximum Gasteiger partial charge on any atom is 0.325 e. The number of carbonyl (C=O) groups is 2. The minimum atomic E-state index is -0.780. The molecular formula is C23H34N6O2. The molecule has 0 bridgehead atoms. The summed E-state index contributed by atoms with van der Waals surface area (Å²) >= 11 is 0. The number of aromatic nitrogens is 1. The number of nitrogens with one attached hydrogen (secondary N) is 4. The Hall–Kier alpha value is -3.03. The Labute approximate surface area is 183 Å². The van der Waals surface area contributed by atoms with Crippen molar-refractivity contribution in [3.8, 4) is 0 Å². The highest BCUT2D eigenvalue weighted by atomic mass is 16.2. The molecule has 1 aliphatic heterocycles. The van der Waals surface area contributed by atoms with Crippen LogP contribution in [0.3, 0.4) is 0 Å². The normalized spacial score (nSPS) is 19.2. The van der Waals surface area contributed by atoms with Crippen molar-refractivity contribution < 1.29 is 9.59 Å². The van der Waals surface area contributed by atoms with Gasteiger partial charge in [0.25, 0.3) is 5.91 Å². The van der Waals surface area contributed by atoms with Crippen molar-refractivity contribution in [2.24, 2.45) is 4.99 Å². The number of guanidine groups is 1. The van der Waals surface area contributed by atoms with E-state index in [4.69, 9.17) is 0 Å². The van der Waals surface area contributed by atoms with Crippen LogP contribution in [-0.2, 0) is 11.2 Å². The van der Waals surface area contributed by atoms with E-state index in [1.165, 1.54) is 21.5 Å². The number of carbonyl (C=O) groups excluding carboxylic acids is 2. The van der Waals surface area contributed by atoms with E-state index in [1.54, 1.807) is 6.92 Å². The first kappa shape index (κ1) is 22.7. The summed E-state index contributed by atoms with van der Waals surface area (Å²) in [6.45, 7) is 10.2. The van der Waals surface area contributed by atoms with Crippen LogP contribution in [0, 0.1) is 6.92 Å². The van der Waals surface area contributed by atoms with Crippen LogP contribution in [0.2, 0.25) is 0 Å². The maximum atomic E-state index is 12.5. The van der Waals surface area contributed by atoms with Gasteiger partial charge in [-0.3, -0.25) is 14.7 Å². The lowest BCUT2D eigenvalue weighted by Crippen LogP contribution is -2.43. The van der Waals surface area contributed by atoms with Crippen LogP contribution in [0.5, 0.6) is 0 Å². The Morgan fingerprint density at radius 2 is 1.97 bits per heavy atom. The third-order valence-electron chi connectivity index (χ3n) is 5.90. The smallest absolute Gasteiger partial charge is 0.325 e. The summed E-state index contributed by atoms with van der Waals surface area (Å²) in [7, 11) is 0. The minimum absolute atomic E-state index is 0.150. The minimum Gasteiger partial charge on any atom is -0.358 e. The summed E-state index contributed by atoms with van der Waals surface area (Å²) in [5.74, 6) is 0.596. The fraction of sp³-hybridized carbons (Fsp3) is 0.522. The van der Waals surface area contributed by atoms with Gasteiger partial charge >= 0.3 is 6.03 Å². The summed E-state index contributed by atoms with van der Waals surface area (Å²) in [5, 5.41) is 10.7. The lowest BCUT2D eigenvalue weighted by Gasteiger charge is -2.19. The first-order chi connectivity index (χ1) is 14.9. The largest absolute Gasteiger partial charge is 0.358 e. The van der Waals surface area contributed by atoms with Crippen molar-refractivity contribution >= 4 is 28.8 Å². The molecule has 3 amide bonds. The molecule has 3 rings (SSSR count). The number of rotatable bonds is 9. The maximum absolute atomic E-state index is 12.5. The van der Waals surface area contributed by atoms with Gasteiger partial charge in [0.1, 0.15) is 5.54 Å². The Morgan fingerprint density at radius 3 is 2.68 bits per heavy atom. The zero-order valence-corrected chi connectivity index (χ0v) is 19.0. The van der Waals surface area contributed by atoms with E-state index in [-0.39, 0.29) is 11.9 Å². The molecule has 0 spiro atoms. The molecule has 1 atom stereocenters. The Kier molecular flexibility index (Phi) is 7.20. The van der Waals surface area contributed by atoms with Crippen LogP contribution in [0.15, 0.2) is 29.3 Å². The van der Waals surface area contributed by atoms with Crippen molar-refractivity contribution in [2.45, 2.75) is 52.5 Å². The number of H-pyrrole nitrogens is 1. The predicted molar refractivity (Wildman–Crippen MR) is 124 cm³/mol. The van der Waals surface area contributed by atoms with Gasteiger partial charge < -0.3 is 20.9 Å². The van der Waals surface area contributed by atoms with E-state index in [0.717, 1.165) is 31.0 Å². The van der Waals surface area contributed by atoms with E-state index < -0.39 is 5.54 Å². The van der Waals surface area contributed by atoms with Gasteiger partial charge in [0, 0.05) is 42.8 Å². The molecule has 0 saturated carbocycles. The molecule has 1 aromatic heterocycles. The molecule has 0 radical (unpaired) electrons. The summed E-state index contributed by atoms with van der Waals surface area (Å²) in [5.41, 5.74) is 2.89. The molecule has 1 fully saturated rings. The summed E-state index contributed by atoms with van der Waals surface area (Å²) in [6, 6.07) is 8.04. The number of benzene rings is 1. The number of hydrogen-bond donors (Lipinski definition) is 4. The third kappa shape index (κ3) is 5.00. The standard InChI is InChI=1S/C23H34N6O2/c1-5-23(4)20(30)29(22(31)28-23)15-9-13-25-21(24-6-2)26-14-12-17-16(3)27-19-11-8-7-10-18(17)19/h7-8,10-11,27H,5-6,9,12-15H2,1-4H3,(H,28,31)(H2,24,25,26). The van der Waals surface area contributed by atoms with E-state index in [1.807, 2.05) is 19.9 Å². The predicted octanol–water partition coefficient (Wildman–Crippen LogP) is 2.68. The molecule has 8 heteroatoms. The molecule has 168 valence electrons. The van der Waals surface area contributed by atoms with Crippen LogP contribution < -0.4 is 16.0 Å². The van der Waals surface area contributed by atoms with Gasteiger partial charge in [-0.05, 0) is 51.7 Å². The zero-order chi connectivity index (χ0) is 22.4. The van der Waals surface area contributed by atoms with Gasteiger partial charge in [0.05, 0.1) is 0 Å². The van der Waals surface area contributed by atoms with Gasteiger partial charge in [-0.2, -0.15) is 0 Å². The average Bonchev–Trinajstić information content (AvgIpc) is 3.18. The fourth-order valence-corrected chi connectivity index (χ4v) is 3.91. The van der Waals surface area contributed by atoms with Crippen LogP contribution >= 0.6 is 0 Å². The highest BCUT2D eigenvalue weighted by Gasteiger charge is 2.45. The summed E-state index contributed by atoms with van der Waals surface area (Å²) < 4.78 is 0. The molecule has 0 aliphatic carbocycles. The first-order valence-corrected chi connectivity index (χ1v) is 11.1. The van der Waals surface area contributed by atoms with Gasteiger partial charge in [-0.25, -0.2) is 4.79 Å². The second-order valence-electron chi connectivity index (χ2n) is 8.14. The highest BCUT2D eigenvalue weighted by Crippen LogP contribution is 2.22. The quantitative estimate of drug-likeness (QED) is 0.214. The van der Waals surface area contributed by atoms with Gasteiger partial charge in [0.2, 0.25) is 0 Å². The van der Waals surface area contributed by atoms with Crippen LogP contribution in [0.1, 0.15) is 44.9 Å². The van der Waals surface area contributed by atoms with E-state index in [2.05, 4.69) is 51.0 Å². The average molecular weight is 427 g/mol. The summed E-state index contributed by atoms with van der Waals surface area (Å²) in [6.07, 6.45) is 2.09. The number of fused-ring (bicyclic) bond motifs is 1. The number of para-hydroxylation sites is 1. The van der Waals surface area contributed by atoms with Gasteiger partial charge in [-0.15, -0.1) is 0 Å². The molecule has 1 aromatic carbocycles. The molecule has 2 aromatic rings. The molecule has 8 nitrogen and oxygen atoms in total. The Balaban J connectivity index is 1.51. The lowest BCUT2D eigenvalue weighted by atomic mass is 9.99. The molecule has 1 saturated heterocycles. The number of urea groups is 1. The Morgan fingerprint density at radius 1 is 1.19 bits per heavy atom. The number of aromatic amines is 1. The number of hydrogen-bond acceptors (Lipinski definition) is 3. The third-order valence-corrected chi connectivity index (χ3v) is 5.90. The second kappa shape index (κ2) is 9.85. The van der Waals surface area contributed by atoms with Crippen LogP contribution in [0.25, 0.3) is 10.9 Å². The number of nitrogens with zero attached hydrogens (tertiary/aromatic N) is 2. The first-order valence-electron chi connectivity index (χ1n) is 11.1. The number of amides is 3. The second-order valence-corrected chi connectivity index (χ2v) is 8.14. The van der Waals surface area contributed by atoms with E-state index in [0.29, 0.717) is 25.9 Å². The van der Waals surface area contributed by atoms with E-state index in [9.17, 15) is 9.59 Å². The topological polar surface area (TPSA) is 102 Å². The number of aliphatic imine (C=N–C) groups is 1. The number of aryl methyl sites for hydroxylation is 1. The molecule has 31 heavy (non-hydrogen) atoms. The molecular weight excluding hydrogens is 392 g/mol. The van der Waals surface area contributed by atoms with Crippen molar-refractivity contribution in [3.05, 3.63) is 35.5 Å². The molecule has 2 heterocycles. The van der Waals surface area contributed by atoms with Crippen molar-refractivity contribution in [2.75, 3.05) is 26.2 Å². The molecule has 1 aliphatic rings. The zero-order valence-electron chi connectivity index (χ0n) is 19.0. The summed E-state index contributed by atoms with van der Waals surface area (Å²) in [4.78, 5) is 33.9. The highest BCUT2D eigenvalue weighted by molar-refractivity contribution is 6.06. The van der Waals surface area contributed by atoms with Crippen molar-refractivity contribution in [1.82, 2.24) is 25.8 Å².